The molecule has 0 bridgehead atoms. The van der Waals surface area contributed by atoms with Crippen molar-refractivity contribution < 1.29 is 31.2 Å². The van der Waals surface area contributed by atoms with Crippen LogP contribution < -0.4 is 0 Å². The first-order valence-electron chi connectivity index (χ1n) is 10.0. The largest absolute Gasteiger partial charge is 0.415 e. The minimum Gasteiger partial charge on any atom is -0.415 e. The molecule has 0 aliphatic carbocycles. The van der Waals surface area contributed by atoms with Gasteiger partial charge in [-0.3, -0.25) is 14.8 Å². The molecule has 1 saturated heterocycles. The van der Waals surface area contributed by atoms with Crippen molar-refractivity contribution in [1.82, 2.24) is 25.2 Å². The van der Waals surface area contributed by atoms with Crippen molar-refractivity contribution in [2.75, 3.05) is 6.54 Å². The molecule has 1 unspecified atom stereocenters. The number of fused-ring (bicyclic) bond motifs is 1. The van der Waals surface area contributed by atoms with E-state index in [4.69, 9.17) is 4.42 Å². The summed E-state index contributed by atoms with van der Waals surface area (Å²) in [6.07, 6.45) is -3.00. The summed E-state index contributed by atoms with van der Waals surface area (Å²) in [5.74, 6) is -4.99. The van der Waals surface area contributed by atoms with Gasteiger partial charge in [0.2, 0.25) is 5.89 Å². The highest BCUT2D eigenvalue weighted by atomic mass is 19.3. The minimum absolute atomic E-state index is 0.106. The lowest BCUT2D eigenvalue weighted by Crippen LogP contribution is -2.51. The molecule has 2 aromatic heterocycles. The summed E-state index contributed by atoms with van der Waals surface area (Å²) >= 11 is 0. The average molecular weight is 465 g/mol. The fourth-order valence-electron chi connectivity index (χ4n) is 4.12. The average Bonchev–Trinajstić information content (AvgIpc) is 3.39. The Balaban J connectivity index is 1.44. The number of benzene rings is 1. The smallest absolute Gasteiger partial charge is 0.314 e. The lowest BCUT2D eigenvalue weighted by Gasteiger charge is -2.43. The number of hydrogen-bond acceptors (Lipinski definition) is 6. The maximum Gasteiger partial charge on any atom is 0.314 e. The molecule has 172 valence electrons. The van der Waals surface area contributed by atoms with E-state index in [1.165, 1.54) is 22.2 Å². The monoisotopic (exact) mass is 465 g/mol. The summed E-state index contributed by atoms with van der Waals surface area (Å²) in [5.41, 5.74) is 1.41. The first-order valence-corrected chi connectivity index (χ1v) is 10.0. The van der Waals surface area contributed by atoms with Crippen LogP contribution in [0.15, 0.2) is 40.9 Å². The zero-order valence-corrected chi connectivity index (χ0v) is 16.9. The van der Waals surface area contributed by atoms with E-state index in [0.717, 1.165) is 12.3 Å². The van der Waals surface area contributed by atoms with E-state index in [9.17, 15) is 26.7 Å². The van der Waals surface area contributed by atoms with Gasteiger partial charge in [-0.25, -0.2) is 18.2 Å². The third-order valence-corrected chi connectivity index (χ3v) is 5.73. The number of aromatic nitrogens is 3. The van der Waals surface area contributed by atoms with Crippen LogP contribution in [0.5, 0.6) is 0 Å². The molecule has 12 heteroatoms. The van der Waals surface area contributed by atoms with Gasteiger partial charge in [-0.2, -0.15) is 8.78 Å². The highest BCUT2D eigenvalue weighted by molar-refractivity contribution is 5.99. The summed E-state index contributed by atoms with van der Waals surface area (Å²) in [4.78, 5) is 17.2. The molecule has 2 aliphatic heterocycles. The topological polar surface area (TPSA) is 75.4 Å². The normalized spacial score (nSPS) is 20.5. The van der Waals surface area contributed by atoms with E-state index in [1.807, 2.05) is 0 Å². The van der Waals surface area contributed by atoms with Gasteiger partial charge in [0.05, 0.1) is 24.5 Å². The summed E-state index contributed by atoms with van der Waals surface area (Å²) in [7, 11) is 0. The summed E-state index contributed by atoms with van der Waals surface area (Å²) in [6.45, 7) is 0.0224. The third kappa shape index (κ3) is 3.94. The van der Waals surface area contributed by atoms with Crippen LogP contribution >= 0.6 is 0 Å². The summed E-state index contributed by atoms with van der Waals surface area (Å²) in [5, 5.41) is 9.76. The number of alkyl halides is 4. The van der Waals surface area contributed by atoms with Gasteiger partial charge in [-0.1, -0.05) is 6.07 Å². The molecule has 7 nitrogen and oxygen atoms in total. The molecule has 1 atom stereocenters. The molecule has 2 aliphatic rings. The second kappa shape index (κ2) is 7.87. The van der Waals surface area contributed by atoms with E-state index in [-0.39, 0.29) is 35.8 Å². The number of carbonyl (C=O) groups excluding carboxylic acids is 1. The van der Waals surface area contributed by atoms with Gasteiger partial charge in [-0.05, 0) is 29.8 Å². The van der Waals surface area contributed by atoms with Crippen molar-refractivity contribution in [2.45, 2.75) is 37.8 Å². The van der Waals surface area contributed by atoms with Crippen molar-refractivity contribution in [1.29, 1.82) is 0 Å². The fourth-order valence-corrected chi connectivity index (χ4v) is 4.12. The quantitative estimate of drug-likeness (QED) is 0.527. The molecule has 3 aromatic rings. The molecule has 4 heterocycles. The fraction of sp³-hybridized carbons (Fsp3) is 0.333. The molecule has 1 aromatic carbocycles. The van der Waals surface area contributed by atoms with E-state index < -0.39 is 48.8 Å². The molecule has 1 amide bonds. The Bertz CT molecular complexity index is 1200. The van der Waals surface area contributed by atoms with Crippen LogP contribution in [-0.4, -0.2) is 43.6 Å². The van der Waals surface area contributed by atoms with Gasteiger partial charge < -0.3 is 4.42 Å². The van der Waals surface area contributed by atoms with E-state index in [0.29, 0.717) is 5.56 Å². The Labute approximate surface area is 183 Å². The molecule has 0 N–H and O–H groups in total. The van der Waals surface area contributed by atoms with Gasteiger partial charge >= 0.3 is 6.43 Å². The Morgan fingerprint density at radius 1 is 1.15 bits per heavy atom. The molecule has 0 spiro atoms. The predicted molar refractivity (Wildman–Crippen MR) is 102 cm³/mol. The first kappa shape index (κ1) is 21.4. The number of rotatable bonds is 4. The highest BCUT2D eigenvalue weighted by Crippen LogP contribution is 2.42. The zero-order valence-electron chi connectivity index (χ0n) is 16.9. The first-order chi connectivity index (χ1) is 15.7. The molecule has 0 radical (unpaired) electrons. The lowest BCUT2D eigenvalue weighted by molar-refractivity contribution is -0.137. The predicted octanol–water partition coefficient (Wildman–Crippen LogP) is 4.55. The minimum atomic E-state index is -2.96. The van der Waals surface area contributed by atoms with Crippen LogP contribution in [0, 0.1) is 5.82 Å². The third-order valence-electron chi connectivity index (χ3n) is 5.73. The van der Waals surface area contributed by atoms with Crippen molar-refractivity contribution in [3.63, 3.8) is 0 Å². The molecular weight excluding hydrogens is 449 g/mol. The van der Waals surface area contributed by atoms with Crippen LogP contribution in [0.4, 0.5) is 22.0 Å². The van der Waals surface area contributed by atoms with Crippen LogP contribution in [0.1, 0.15) is 52.8 Å². The lowest BCUT2D eigenvalue weighted by atomic mass is 9.97. The van der Waals surface area contributed by atoms with E-state index in [1.54, 1.807) is 12.1 Å². The number of hydrogen-bond donors (Lipinski definition) is 0. The SMILES string of the molecule is O=C1c2cc(-c3nnc(C(F)F)o3)ccc2CN1N1CCC(F)(F)CC1c1ccc(F)cn1. The molecule has 0 saturated carbocycles. The number of halogens is 5. The van der Waals surface area contributed by atoms with Gasteiger partial charge in [0.25, 0.3) is 17.7 Å². The molecule has 5 rings (SSSR count). The van der Waals surface area contributed by atoms with Crippen LogP contribution in [0.25, 0.3) is 11.5 Å². The standard InChI is InChI=1S/C21H16F5N5O2/c22-13-3-4-15(27-9-13)16-8-21(25,26)5-6-30(16)31-10-12-2-1-11(7-14(12)20(31)32)18-28-29-19(33-18)17(23)24/h1-4,7,9,16-17H,5-6,8,10H2. The van der Waals surface area contributed by atoms with Crippen LogP contribution in [0.2, 0.25) is 0 Å². The van der Waals surface area contributed by atoms with Gasteiger partial charge in [0.15, 0.2) is 0 Å². The Hall–Kier alpha value is -3.41. The summed E-state index contributed by atoms with van der Waals surface area (Å²) in [6, 6.07) is 6.16. The second-order valence-corrected chi connectivity index (χ2v) is 7.87. The van der Waals surface area contributed by atoms with Crippen molar-refractivity contribution in [3.05, 3.63) is 65.1 Å². The van der Waals surface area contributed by atoms with Gasteiger partial charge in [-0.15, -0.1) is 10.2 Å². The van der Waals surface area contributed by atoms with Gasteiger partial charge in [0.1, 0.15) is 5.82 Å². The van der Waals surface area contributed by atoms with Gasteiger partial charge in [0, 0.05) is 30.5 Å². The number of carbonyl (C=O) groups is 1. The van der Waals surface area contributed by atoms with E-state index in [2.05, 4.69) is 15.2 Å². The van der Waals surface area contributed by atoms with Crippen molar-refractivity contribution in [2.24, 2.45) is 0 Å². The van der Waals surface area contributed by atoms with Crippen LogP contribution in [-0.2, 0) is 6.54 Å². The van der Waals surface area contributed by atoms with Crippen molar-refractivity contribution in [3.8, 4) is 11.5 Å². The highest BCUT2D eigenvalue weighted by Gasteiger charge is 2.46. The van der Waals surface area contributed by atoms with Crippen molar-refractivity contribution >= 4 is 5.91 Å². The number of nitrogens with zero attached hydrogens (tertiary/aromatic N) is 5. The van der Waals surface area contributed by atoms with Crippen LogP contribution in [0.3, 0.4) is 0 Å². The Morgan fingerprint density at radius 2 is 1.97 bits per heavy atom. The van der Waals surface area contributed by atoms with E-state index >= 15 is 0 Å². The molecule has 33 heavy (non-hydrogen) atoms. The maximum atomic E-state index is 14.2. The zero-order chi connectivity index (χ0) is 23.3. The number of pyridine rings is 1. The molecule has 1 fully saturated rings. The Kier molecular flexibility index (Phi) is 5.11. The second-order valence-electron chi connectivity index (χ2n) is 7.87. The maximum absolute atomic E-state index is 14.2. The number of hydrazine groups is 1. The summed E-state index contributed by atoms with van der Waals surface area (Å²) < 4.78 is 72.2. The molecular formula is C21H16F5N5O2. The number of piperidine rings is 1. The Morgan fingerprint density at radius 3 is 2.67 bits per heavy atom. The number of amides is 1.